The lowest BCUT2D eigenvalue weighted by molar-refractivity contribution is 0.566. The van der Waals surface area contributed by atoms with Crippen LogP contribution in [-0.4, -0.2) is 4.98 Å². The van der Waals surface area contributed by atoms with E-state index >= 15 is 0 Å². The van der Waals surface area contributed by atoms with Crippen LogP contribution in [0.25, 0.3) is 10.9 Å². The topological polar surface area (TPSA) is 38.9 Å². The van der Waals surface area contributed by atoms with Crippen LogP contribution < -0.4 is 5.73 Å². The van der Waals surface area contributed by atoms with Gasteiger partial charge in [0.15, 0.2) is 0 Å². The summed E-state index contributed by atoms with van der Waals surface area (Å²) in [6, 6.07) is 10.8. The third kappa shape index (κ3) is 2.32. The van der Waals surface area contributed by atoms with Crippen LogP contribution in [0.4, 0.5) is 14.5 Å². The molecule has 0 bridgehead atoms. The van der Waals surface area contributed by atoms with Gasteiger partial charge in [0.05, 0.1) is 11.2 Å². The highest BCUT2D eigenvalue weighted by molar-refractivity contribution is 7.99. The first kappa shape index (κ1) is 12.9. The Labute approximate surface area is 118 Å². The number of rotatable bonds is 2. The summed E-state index contributed by atoms with van der Waals surface area (Å²) in [5.74, 6) is -1.17. The summed E-state index contributed by atoms with van der Waals surface area (Å²) in [6.07, 6.45) is 1.66. The monoisotopic (exact) mass is 288 g/mol. The van der Waals surface area contributed by atoms with E-state index in [9.17, 15) is 8.78 Å². The second kappa shape index (κ2) is 5.09. The maximum atomic E-state index is 13.7. The highest BCUT2D eigenvalue weighted by Crippen LogP contribution is 2.36. The van der Waals surface area contributed by atoms with Gasteiger partial charge in [0, 0.05) is 27.4 Å². The van der Waals surface area contributed by atoms with Crippen molar-refractivity contribution in [2.75, 3.05) is 5.73 Å². The molecule has 0 aliphatic heterocycles. The summed E-state index contributed by atoms with van der Waals surface area (Å²) >= 11 is 1.22. The first-order valence-electron chi connectivity index (χ1n) is 5.91. The SMILES string of the molecule is Nc1ccc(Sc2ccc(F)cc2F)c2cccnc12. The Balaban J connectivity index is 2.09. The van der Waals surface area contributed by atoms with Gasteiger partial charge in [-0.3, -0.25) is 4.98 Å². The summed E-state index contributed by atoms with van der Waals surface area (Å²) in [6.45, 7) is 0. The van der Waals surface area contributed by atoms with Crippen molar-refractivity contribution in [1.82, 2.24) is 4.98 Å². The van der Waals surface area contributed by atoms with Crippen molar-refractivity contribution < 1.29 is 8.78 Å². The number of nitrogens with zero attached hydrogens (tertiary/aromatic N) is 1. The number of nitrogen functional groups attached to an aromatic ring is 1. The van der Waals surface area contributed by atoms with Crippen LogP contribution in [0.15, 0.2) is 58.5 Å². The van der Waals surface area contributed by atoms with E-state index in [0.29, 0.717) is 16.1 Å². The van der Waals surface area contributed by atoms with Crippen LogP contribution in [0.1, 0.15) is 0 Å². The van der Waals surface area contributed by atoms with E-state index in [4.69, 9.17) is 5.73 Å². The zero-order valence-electron chi connectivity index (χ0n) is 10.3. The lowest BCUT2D eigenvalue weighted by Crippen LogP contribution is -1.91. The van der Waals surface area contributed by atoms with Crippen LogP contribution in [-0.2, 0) is 0 Å². The smallest absolute Gasteiger partial charge is 0.140 e. The van der Waals surface area contributed by atoms with Crippen LogP contribution >= 0.6 is 11.8 Å². The lowest BCUT2D eigenvalue weighted by Gasteiger charge is -2.08. The average Bonchev–Trinajstić information content (AvgIpc) is 2.45. The van der Waals surface area contributed by atoms with Gasteiger partial charge in [0.25, 0.3) is 0 Å². The number of aromatic nitrogens is 1. The first-order valence-corrected chi connectivity index (χ1v) is 6.73. The number of anilines is 1. The highest BCUT2D eigenvalue weighted by Gasteiger charge is 2.10. The fraction of sp³-hybridized carbons (Fsp3) is 0. The molecule has 100 valence electrons. The predicted octanol–water partition coefficient (Wildman–Crippen LogP) is 4.25. The van der Waals surface area contributed by atoms with Gasteiger partial charge >= 0.3 is 0 Å². The summed E-state index contributed by atoms with van der Waals surface area (Å²) in [5.41, 5.74) is 7.13. The van der Waals surface area contributed by atoms with E-state index < -0.39 is 11.6 Å². The summed E-state index contributed by atoms with van der Waals surface area (Å²) in [4.78, 5) is 5.42. The Morgan fingerprint density at radius 1 is 1.00 bits per heavy atom. The van der Waals surface area contributed by atoms with E-state index in [1.807, 2.05) is 12.1 Å². The molecule has 3 aromatic rings. The first-order chi connectivity index (χ1) is 9.65. The largest absolute Gasteiger partial charge is 0.397 e. The van der Waals surface area contributed by atoms with Crippen LogP contribution in [0, 0.1) is 11.6 Å². The zero-order valence-corrected chi connectivity index (χ0v) is 11.1. The van der Waals surface area contributed by atoms with Crippen LogP contribution in [0.5, 0.6) is 0 Å². The number of benzene rings is 2. The van der Waals surface area contributed by atoms with Gasteiger partial charge in [-0.1, -0.05) is 17.8 Å². The van der Waals surface area contributed by atoms with Crippen molar-refractivity contribution in [3.8, 4) is 0 Å². The highest BCUT2D eigenvalue weighted by atomic mass is 32.2. The molecule has 0 unspecified atom stereocenters. The summed E-state index contributed by atoms with van der Waals surface area (Å²) < 4.78 is 26.6. The van der Waals surface area contributed by atoms with Gasteiger partial charge < -0.3 is 5.73 Å². The fourth-order valence-electron chi connectivity index (χ4n) is 1.93. The number of halogens is 2. The number of hydrogen-bond acceptors (Lipinski definition) is 3. The van der Waals surface area contributed by atoms with Gasteiger partial charge in [0.2, 0.25) is 0 Å². The minimum Gasteiger partial charge on any atom is -0.397 e. The number of nitrogens with two attached hydrogens (primary N) is 1. The van der Waals surface area contributed by atoms with Crippen LogP contribution in [0.3, 0.4) is 0 Å². The van der Waals surface area contributed by atoms with Gasteiger partial charge in [-0.15, -0.1) is 0 Å². The van der Waals surface area contributed by atoms with Crippen molar-refractivity contribution >= 4 is 28.4 Å². The van der Waals surface area contributed by atoms with Gasteiger partial charge in [-0.2, -0.15) is 0 Å². The van der Waals surface area contributed by atoms with E-state index in [1.165, 1.54) is 23.9 Å². The molecule has 0 amide bonds. The molecule has 2 nitrogen and oxygen atoms in total. The molecule has 0 fully saturated rings. The quantitative estimate of drug-likeness (QED) is 0.717. The fourth-order valence-corrected chi connectivity index (χ4v) is 2.87. The van der Waals surface area contributed by atoms with Crippen LogP contribution in [0.2, 0.25) is 0 Å². The van der Waals surface area contributed by atoms with Crippen molar-refractivity contribution in [3.05, 3.63) is 60.3 Å². The number of hydrogen-bond donors (Lipinski definition) is 1. The standard InChI is InChI=1S/C15H10F2N2S/c16-9-3-5-14(11(17)8-9)20-13-6-4-12(18)15-10(13)2-1-7-19-15/h1-8H,18H2. The molecule has 0 saturated heterocycles. The molecule has 1 heterocycles. The molecule has 0 aliphatic rings. The molecule has 1 aromatic heterocycles. The minimum absolute atomic E-state index is 0.362. The normalized spacial score (nSPS) is 10.9. The molecule has 5 heteroatoms. The predicted molar refractivity (Wildman–Crippen MR) is 76.6 cm³/mol. The molecular formula is C15H10F2N2S. The molecule has 2 aromatic carbocycles. The van der Waals surface area contributed by atoms with E-state index in [2.05, 4.69) is 4.98 Å². The maximum absolute atomic E-state index is 13.7. The molecule has 0 spiro atoms. The number of fused-ring (bicyclic) bond motifs is 1. The average molecular weight is 288 g/mol. The lowest BCUT2D eigenvalue weighted by atomic mass is 10.2. The third-order valence-corrected chi connectivity index (χ3v) is 4.00. The Bertz CT molecular complexity index is 790. The molecule has 0 aliphatic carbocycles. The minimum atomic E-state index is -0.587. The van der Waals surface area contributed by atoms with E-state index in [0.717, 1.165) is 16.3 Å². The molecular weight excluding hydrogens is 278 g/mol. The Morgan fingerprint density at radius 3 is 2.60 bits per heavy atom. The van der Waals surface area contributed by atoms with E-state index in [-0.39, 0.29) is 0 Å². The third-order valence-electron chi connectivity index (χ3n) is 2.87. The Hall–Kier alpha value is -2.14. The maximum Gasteiger partial charge on any atom is 0.140 e. The van der Waals surface area contributed by atoms with Crippen molar-refractivity contribution in [3.63, 3.8) is 0 Å². The summed E-state index contributed by atoms with van der Waals surface area (Å²) in [5, 5.41) is 0.848. The second-order valence-electron chi connectivity index (χ2n) is 4.23. The van der Waals surface area contributed by atoms with E-state index in [1.54, 1.807) is 18.3 Å². The zero-order chi connectivity index (χ0) is 14.1. The van der Waals surface area contributed by atoms with Gasteiger partial charge in [-0.25, -0.2) is 8.78 Å². The second-order valence-corrected chi connectivity index (χ2v) is 5.31. The molecule has 0 atom stereocenters. The van der Waals surface area contributed by atoms with Gasteiger partial charge in [0.1, 0.15) is 11.6 Å². The molecule has 3 rings (SSSR count). The Kier molecular flexibility index (Phi) is 3.28. The van der Waals surface area contributed by atoms with Crippen molar-refractivity contribution in [1.29, 1.82) is 0 Å². The molecule has 0 saturated carbocycles. The molecule has 20 heavy (non-hydrogen) atoms. The number of pyridine rings is 1. The van der Waals surface area contributed by atoms with Gasteiger partial charge in [-0.05, 0) is 30.3 Å². The summed E-state index contributed by atoms with van der Waals surface area (Å²) in [7, 11) is 0. The molecule has 0 radical (unpaired) electrons. The Morgan fingerprint density at radius 2 is 1.80 bits per heavy atom. The van der Waals surface area contributed by atoms with Crippen molar-refractivity contribution in [2.45, 2.75) is 9.79 Å². The van der Waals surface area contributed by atoms with Crippen molar-refractivity contribution in [2.24, 2.45) is 0 Å². The molecule has 2 N–H and O–H groups in total.